The maximum Gasteiger partial charge on any atom is 0.331 e. The second-order valence-corrected chi connectivity index (χ2v) is 8.35. The summed E-state index contributed by atoms with van der Waals surface area (Å²) in [5.74, 6) is 1.71. The van der Waals surface area contributed by atoms with Crippen LogP contribution in [0.4, 0.5) is 10.6 Å². The topological polar surface area (TPSA) is 98.9 Å². The summed E-state index contributed by atoms with van der Waals surface area (Å²) < 4.78 is 9.37. The standard InChI is InChI=1S/C24H25N7O2/c1-14(2)31-16(4)10-22(29-31)28-24(32)30-8-7-17-11-18(5-6-21(17)30)33-23-19-9-15(3)25-12-20(19)26-13-27-23/h5-8,10-11,13,15,25H,1,9,12H2,2-4H3,(H,28,29,32)/t15-/m0/s1. The molecule has 9 heteroatoms. The maximum atomic E-state index is 12.9. The van der Waals surface area contributed by atoms with Crippen molar-refractivity contribution in [2.45, 2.75) is 39.8 Å². The van der Waals surface area contributed by atoms with Crippen molar-refractivity contribution in [1.82, 2.24) is 29.6 Å². The van der Waals surface area contributed by atoms with E-state index in [0.717, 1.165) is 40.0 Å². The molecule has 0 saturated carbocycles. The summed E-state index contributed by atoms with van der Waals surface area (Å²) >= 11 is 0. The lowest BCUT2D eigenvalue weighted by atomic mass is 10.0. The number of aromatic nitrogens is 5. The minimum atomic E-state index is -0.295. The van der Waals surface area contributed by atoms with Crippen LogP contribution in [0.15, 0.2) is 49.4 Å². The molecule has 1 atom stereocenters. The number of carbonyl (C=O) groups excluding carboxylic acids is 1. The van der Waals surface area contributed by atoms with E-state index >= 15 is 0 Å². The molecule has 5 rings (SSSR count). The molecular formula is C24H25N7O2. The van der Waals surface area contributed by atoms with Crippen LogP contribution in [-0.2, 0) is 13.0 Å². The molecule has 1 aliphatic rings. The number of carbonyl (C=O) groups is 1. The largest absolute Gasteiger partial charge is 0.439 e. The van der Waals surface area contributed by atoms with Gasteiger partial charge in [0.2, 0.25) is 5.88 Å². The number of allylic oxidation sites excluding steroid dienone is 1. The molecule has 9 nitrogen and oxygen atoms in total. The number of hydrogen-bond donors (Lipinski definition) is 2. The Kier molecular flexibility index (Phi) is 5.18. The molecule has 33 heavy (non-hydrogen) atoms. The zero-order chi connectivity index (χ0) is 23.1. The van der Waals surface area contributed by atoms with Crippen LogP contribution in [0.2, 0.25) is 0 Å². The van der Waals surface area contributed by atoms with Crippen molar-refractivity contribution < 1.29 is 9.53 Å². The summed E-state index contributed by atoms with van der Waals surface area (Å²) in [5.41, 5.74) is 4.44. The van der Waals surface area contributed by atoms with Gasteiger partial charge >= 0.3 is 6.03 Å². The van der Waals surface area contributed by atoms with Gasteiger partial charge in [-0.1, -0.05) is 6.58 Å². The number of ether oxygens (including phenoxy) is 1. The highest BCUT2D eigenvalue weighted by Gasteiger charge is 2.21. The number of rotatable bonds is 4. The third-order valence-electron chi connectivity index (χ3n) is 5.70. The number of nitrogens with one attached hydrogen (secondary N) is 2. The van der Waals surface area contributed by atoms with E-state index in [1.165, 1.54) is 6.33 Å². The van der Waals surface area contributed by atoms with E-state index in [4.69, 9.17) is 4.74 Å². The van der Waals surface area contributed by atoms with E-state index in [1.807, 2.05) is 44.2 Å². The van der Waals surface area contributed by atoms with Gasteiger partial charge in [-0.2, -0.15) is 5.10 Å². The van der Waals surface area contributed by atoms with Gasteiger partial charge in [-0.15, -0.1) is 0 Å². The fourth-order valence-corrected chi connectivity index (χ4v) is 4.09. The van der Waals surface area contributed by atoms with Crippen LogP contribution >= 0.6 is 0 Å². The quantitative estimate of drug-likeness (QED) is 0.487. The van der Waals surface area contributed by atoms with Crippen LogP contribution in [0.3, 0.4) is 0 Å². The number of nitrogens with zero attached hydrogens (tertiary/aromatic N) is 5. The summed E-state index contributed by atoms with van der Waals surface area (Å²) in [6.45, 7) is 10.5. The Morgan fingerprint density at radius 1 is 1.27 bits per heavy atom. The van der Waals surface area contributed by atoms with Crippen molar-refractivity contribution in [1.29, 1.82) is 0 Å². The molecule has 4 heterocycles. The molecule has 0 saturated heterocycles. The monoisotopic (exact) mass is 443 g/mol. The molecule has 0 radical (unpaired) electrons. The van der Waals surface area contributed by atoms with Gasteiger partial charge in [0.1, 0.15) is 12.1 Å². The van der Waals surface area contributed by atoms with E-state index in [-0.39, 0.29) is 6.03 Å². The van der Waals surface area contributed by atoms with Crippen molar-refractivity contribution in [3.8, 4) is 11.6 Å². The van der Waals surface area contributed by atoms with Crippen LogP contribution in [0.1, 0.15) is 30.8 Å². The number of anilines is 1. The Labute approximate surface area is 191 Å². The third kappa shape index (κ3) is 3.98. The summed E-state index contributed by atoms with van der Waals surface area (Å²) in [6.07, 6.45) is 4.07. The number of benzene rings is 1. The number of fused-ring (bicyclic) bond motifs is 2. The lowest BCUT2D eigenvalue weighted by molar-refractivity contribution is 0.254. The Morgan fingerprint density at radius 3 is 2.91 bits per heavy atom. The first kappa shape index (κ1) is 20.9. The van der Waals surface area contributed by atoms with Crippen LogP contribution in [0.5, 0.6) is 11.6 Å². The van der Waals surface area contributed by atoms with Gasteiger partial charge < -0.3 is 10.1 Å². The molecule has 2 N–H and O–H groups in total. The minimum Gasteiger partial charge on any atom is -0.439 e. The molecule has 1 amide bonds. The molecule has 0 bridgehead atoms. The molecular weight excluding hydrogens is 418 g/mol. The van der Waals surface area contributed by atoms with E-state index in [1.54, 1.807) is 15.4 Å². The average Bonchev–Trinajstić information content (AvgIpc) is 3.37. The molecule has 1 aliphatic heterocycles. The van der Waals surface area contributed by atoms with Gasteiger partial charge in [-0.3, -0.25) is 9.88 Å². The van der Waals surface area contributed by atoms with E-state index in [0.29, 0.717) is 30.0 Å². The second-order valence-electron chi connectivity index (χ2n) is 8.35. The second kappa shape index (κ2) is 8.18. The zero-order valence-corrected chi connectivity index (χ0v) is 18.8. The smallest absolute Gasteiger partial charge is 0.331 e. The minimum absolute atomic E-state index is 0.295. The van der Waals surface area contributed by atoms with Crippen LogP contribution < -0.4 is 15.4 Å². The molecule has 3 aromatic heterocycles. The van der Waals surface area contributed by atoms with Crippen LogP contribution in [-0.4, -0.2) is 36.4 Å². The average molecular weight is 444 g/mol. The normalized spacial score (nSPS) is 15.3. The van der Waals surface area contributed by atoms with E-state index in [9.17, 15) is 4.79 Å². The van der Waals surface area contributed by atoms with Crippen molar-refractivity contribution in [2.24, 2.45) is 0 Å². The molecule has 0 unspecified atom stereocenters. The first-order valence-corrected chi connectivity index (χ1v) is 10.8. The Balaban J connectivity index is 1.38. The van der Waals surface area contributed by atoms with Crippen molar-refractivity contribution in [3.63, 3.8) is 0 Å². The van der Waals surface area contributed by atoms with Crippen molar-refractivity contribution in [3.05, 3.63) is 66.4 Å². The van der Waals surface area contributed by atoms with Gasteiger partial charge in [0.25, 0.3) is 0 Å². The van der Waals surface area contributed by atoms with E-state index in [2.05, 4.69) is 39.2 Å². The van der Waals surface area contributed by atoms with Gasteiger partial charge in [-0.25, -0.2) is 19.4 Å². The number of aryl methyl sites for hydroxylation is 1. The predicted octanol–water partition coefficient (Wildman–Crippen LogP) is 4.33. The molecule has 4 aromatic rings. The number of amides is 1. The summed E-state index contributed by atoms with van der Waals surface area (Å²) in [4.78, 5) is 21.6. The highest BCUT2D eigenvalue weighted by molar-refractivity contribution is 5.98. The molecule has 0 fully saturated rings. The van der Waals surface area contributed by atoms with Crippen LogP contribution in [0.25, 0.3) is 16.6 Å². The highest BCUT2D eigenvalue weighted by Crippen LogP contribution is 2.30. The third-order valence-corrected chi connectivity index (χ3v) is 5.70. The molecule has 0 aliphatic carbocycles. The highest BCUT2D eigenvalue weighted by atomic mass is 16.5. The Bertz CT molecular complexity index is 1380. The lowest BCUT2D eigenvalue weighted by Gasteiger charge is -2.23. The summed E-state index contributed by atoms with van der Waals surface area (Å²) in [7, 11) is 0. The maximum absolute atomic E-state index is 12.9. The van der Waals surface area contributed by atoms with Crippen molar-refractivity contribution in [2.75, 3.05) is 5.32 Å². The molecule has 168 valence electrons. The summed E-state index contributed by atoms with van der Waals surface area (Å²) in [5, 5.41) is 11.5. The predicted molar refractivity (Wildman–Crippen MR) is 126 cm³/mol. The Morgan fingerprint density at radius 2 is 2.12 bits per heavy atom. The first-order valence-electron chi connectivity index (χ1n) is 10.8. The van der Waals surface area contributed by atoms with Crippen LogP contribution in [0, 0.1) is 6.92 Å². The van der Waals surface area contributed by atoms with Gasteiger partial charge in [0, 0.05) is 47.2 Å². The number of hydrogen-bond acceptors (Lipinski definition) is 6. The van der Waals surface area contributed by atoms with Gasteiger partial charge in [0.15, 0.2) is 5.82 Å². The molecule has 1 aromatic carbocycles. The summed E-state index contributed by atoms with van der Waals surface area (Å²) in [6, 6.07) is 9.33. The first-order chi connectivity index (χ1) is 15.9. The lowest BCUT2D eigenvalue weighted by Crippen LogP contribution is -2.33. The van der Waals surface area contributed by atoms with Crippen molar-refractivity contribution >= 4 is 28.4 Å². The zero-order valence-electron chi connectivity index (χ0n) is 18.8. The van der Waals surface area contributed by atoms with Gasteiger partial charge in [0.05, 0.1) is 11.2 Å². The Hall–Kier alpha value is -3.98. The van der Waals surface area contributed by atoms with Gasteiger partial charge in [-0.05, 0) is 51.5 Å². The molecule has 0 spiro atoms. The SMILES string of the molecule is C=C(C)n1nc(NC(=O)n2ccc3cc(Oc4ncnc5c4C[C@H](C)NC5)ccc32)cc1C. The van der Waals surface area contributed by atoms with E-state index < -0.39 is 0 Å². The fourth-order valence-electron chi connectivity index (χ4n) is 4.09. The fraction of sp³-hybridized carbons (Fsp3) is 0.250.